The van der Waals surface area contributed by atoms with Gasteiger partial charge in [-0.05, 0) is 43.3 Å². The van der Waals surface area contributed by atoms with Crippen LogP contribution in [0.15, 0.2) is 52.1 Å². The molecule has 0 fully saturated rings. The SMILES string of the molecule is CCn1c(CC(=O)Nc2cccc(Cl)c2Cl)nnc1SCC(=O)Nc1ccc(Br)cc1. The molecule has 0 atom stereocenters. The highest BCUT2D eigenvalue weighted by Gasteiger charge is 2.17. The van der Waals surface area contributed by atoms with Crippen LogP contribution in [-0.4, -0.2) is 32.3 Å². The molecular formula is C20H18BrCl2N5O2S. The third-order valence-corrected chi connectivity index (χ3v) is 6.43. The molecule has 0 saturated heterocycles. The van der Waals surface area contributed by atoms with E-state index in [1.165, 1.54) is 11.8 Å². The molecule has 0 aliphatic rings. The lowest BCUT2D eigenvalue weighted by atomic mass is 10.3. The molecule has 2 amide bonds. The zero-order valence-electron chi connectivity index (χ0n) is 16.4. The molecule has 0 saturated carbocycles. The van der Waals surface area contributed by atoms with Gasteiger partial charge in [-0.1, -0.05) is 57.0 Å². The van der Waals surface area contributed by atoms with Gasteiger partial charge in [0, 0.05) is 16.7 Å². The number of nitrogens with zero attached hydrogens (tertiary/aromatic N) is 3. The number of carbonyl (C=O) groups excluding carboxylic acids is 2. The van der Waals surface area contributed by atoms with Crippen LogP contribution in [0.25, 0.3) is 0 Å². The van der Waals surface area contributed by atoms with Crippen LogP contribution in [0.2, 0.25) is 10.0 Å². The number of aromatic nitrogens is 3. The van der Waals surface area contributed by atoms with Crippen LogP contribution in [0.5, 0.6) is 0 Å². The Kier molecular flexibility index (Phi) is 8.36. The van der Waals surface area contributed by atoms with Crippen LogP contribution >= 0.6 is 50.9 Å². The van der Waals surface area contributed by atoms with Crippen molar-refractivity contribution in [2.75, 3.05) is 16.4 Å². The number of rotatable bonds is 8. The molecule has 1 heterocycles. The van der Waals surface area contributed by atoms with Gasteiger partial charge in [0.15, 0.2) is 5.16 Å². The minimum absolute atomic E-state index is 0.00926. The Bertz CT molecular complexity index is 1090. The first kappa shape index (κ1) is 23.6. The molecular weight excluding hydrogens is 525 g/mol. The van der Waals surface area contributed by atoms with Crippen LogP contribution in [0.1, 0.15) is 12.7 Å². The quantitative estimate of drug-likeness (QED) is 0.378. The van der Waals surface area contributed by atoms with Gasteiger partial charge in [-0.25, -0.2) is 0 Å². The minimum Gasteiger partial charge on any atom is -0.325 e. The number of nitrogens with one attached hydrogen (secondary N) is 2. The molecule has 0 unspecified atom stereocenters. The Hall–Kier alpha value is -2.07. The summed E-state index contributed by atoms with van der Waals surface area (Å²) in [6, 6.07) is 12.3. The number of hydrogen-bond donors (Lipinski definition) is 2. The second kappa shape index (κ2) is 11.0. The second-order valence-corrected chi connectivity index (χ2v) is 8.96. The lowest BCUT2D eigenvalue weighted by molar-refractivity contribution is -0.116. The normalized spacial score (nSPS) is 10.7. The number of halogens is 3. The predicted octanol–water partition coefficient (Wildman–Crippen LogP) is 5.28. The molecule has 0 bridgehead atoms. The summed E-state index contributed by atoms with van der Waals surface area (Å²) in [5.41, 5.74) is 1.14. The Labute approximate surface area is 202 Å². The van der Waals surface area contributed by atoms with Crippen molar-refractivity contribution in [2.45, 2.75) is 25.0 Å². The summed E-state index contributed by atoms with van der Waals surface area (Å²) in [5.74, 6) is 0.205. The maximum absolute atomic E-state index is 12.4. The summed E-state index contributed by atoms with van der Waals surface area (Å²) in [5, 5.41) is 15.0. The molecule has 31 heavy (non-hydrogen) atoms. The summed E-state index contributed by atoms with van der Waals surface area (Å²) in [7, 11) is 0. The molecule has 162 valence electrons. The summed E-state index contributed by atoms with van der Waals surface area (Å²) in [6.07, 6.45) is 0.00926. The van der Waals surface area contributed by atoms with E-state index in [4.69, 9.17) is 23.2 Å². The van der Waals surface area contributed by atoms with E-state index in [9.17, 15) is 9.59 Å². The molecule has 0 aliphatic heterocycles. The standard InChI is InChI=1S/C20H18BrCl2N5O2S/c1-2-28-16(10-17(29)25-15-5-3-4-14(22)19(15)23)26-27-20(28)31-11-18(30)24-13-8-6-12(21)7-9-13/h3-9H,2,10-11H2,1H3,(H,24,30)(H,25,29). The fourth-order valence-corrected chi connectivity index (χ4v) is 4.11. The zero-order valence-corrected chi connectivity index (χ0v) is 20.3. The van der Waals surface area contributed by atoms with Crippen LogP contribution in [0.3, 0.4) is 0 Å². The van der Waals surface area contributed by atoms with E-state index < -0.39 is 0 Å². The molecule has 11 heteroatoms. The van der Waals surface area contributed by atoms with Crippen molar-refractivity contribution >= 4 is 74.1 Å². The Morgan fingerprint density at radius 2 is 1.81 bits per heavy atom. The van der Waals surface area contributed by atoms with E-state index in [0.717, 1.165) is 4.47 Å². The van der Waals surface area contributed by atoms with Crippen molar-refractivity contribution in [3.63, 3.8) is 0 Å². The Morgan fingerprint density at radius 1 is 1.06 bits per heavy atom. The Morgan fingerprint density at radius 3 is 2.52 bits per heavy atom. The number of hydrogen-bond acceptors (Lipinski definition) is 5. The van der Waals surface area contributed by atoms with E-state index >= 15 is 0 Å². The monoisotopic (exact) mass is 541 g/mol. The smallest absolute Gasteiger partial charge is 0.234 e. The summed E-state index contributed by atoms with van der Waals surface area (Å²) in [6.45, 7) is 2.48. The minimum atomic E-state index is -0.296. The van der Waals surface area contributed by atoms with E-state index in [-0.39, 0.29) is 29.0 Å². The average molecular weight is 543 g/mol. The summed E-state index contributed by atoms with van der Waals surface area (Å²) < 4.78 is 2.74. The molecule has 3 aromatic rings. The number of thioether (sulfide) groups is 1. The fraction of sp³-hybridized carbons (Fsp3) is 0.200. The summed E-state index contributed by atoms with van der Waals surface area (Å²) >= 11 is 16.7. The number of amides is 2. The molecule has 2 aromatic carbocycles. The topological polar surface area (TPSA) is 88.9 Å². The number of anilines is 2. The average Bonchev–Trinajstić information content (AvgIpc) is 3.13. The first-order valence-electron chi connectivity index (χ1n) is 9.21. The molecule has 3 rings (SSSR count). The summed E-state index contributed by atoms with van der Waals surface area (Å²) in [4.78, 5) is 24.7. The van der Waals surface area contributed by atoms with E-state index in [1.54, 1.807) is 22.8 Å². The van der Waals surface area contributed by atoms with Crippen molar-refractivity contribution in [3.8, 4) is 0 Å². The van der Waals surface area contributed by atoms with Crippen molar-refractivity contribution in [3.05, 3.63) is 62.8 Å². The van der Waals surface area contributed by atoms with Gasteiger partial charge >= 0.3 is 0 Å². The van der Waals surface area contributed by atoms with Gasteiger partial charge in [0.25, 0.3) is 0 Å². The molecule has 1 aromatic heterocycles. The predicted molar refractivity (Wildman–Crippen MR) is 128 cm³/mol. The van der Waals surface area contributed by atoms with Crippen LogP contribution < -0.4 is 10.6 Å². The molecule has 0 radical (unpaired) electrons. The third kappa shape index (κ3) is 6.46. The highest BCUT2D eigenvalue weighted by atomic mass is 79.9. The van der Waals surface area contributed by atoms with Crippen molar-refractivity contribution < 1.29 is 9.59 Å². The van der Waals surface area contributed by atoms with Gasteiger partial charge in [-0.3, -0.25) is 9.59 Å². The van der Waals surface area contributed by atoms with Crippen molar-refractivity contribution in [1.29, 1.82) is 0 Å². The molecule has 7 nitrogen and oxygen atoms in total. The fourth-order valence-electron chi connectivity index (χ4n) is 2.67. The second-order valence-electron chi connectivity index (χ2n) is 6.31. The van der Waals surface area contributed by atoms with Gasteiger partial charge in [0.05, 0.1) is 27.9 Å². The molecule has 0 aliphatic carbocycles. The van der Waals surface area contributed by atoms with Gasteiger partial charge in [-0.15, -0.1) is 10.2 Å². The first-order valence-corrected chi connectivity index (χ1v) is 11.7. The van der Waals surface area contributed by atoms with Gasteiger partial charge in [-0.2, -0.15) is 0 Å². The highest BCUT2D eigenvalue weighted by molar-refractivity contribution is 9.10. The largest absolute Gasteiger partial charge is 0.325 e. The van der Waals surface area contributed by atoms with Gasteiger partial charge in [0.2, 0.25) is 11.8 Å². The maximum Gasteiger partial charge on any atom is 0.234 e. The van der Waals surface area contributed by atoms with E-state index in [2.05, 4.69) is 36.8 Å². The van der Waals surface area contributed by atoms with Crippen LogP contribution in [0, 0.1) is 0 Å². The van der Waals surface area contributed by atoms with Crippen LogP contribution in [0.4, 0.5) is 11.4 Å². The lowest BCUT2D eigenvalue weighted by Gasteiger charge is -2.10. The first-order chi connectivity index (χ1) is 14.9. The lowest BCUT2D eigenvalue weighted by Crippen LogP contribution is -2.18. The highest BCUT2D eigenvalue weighted by Crippen LogP contribution is 2.29. The maximum atomic E-state index is 12.4. The number of benzene rings is 2. The van der Waals surface area contributed by atoms with Gasteiger partial charge < -0.3 is 15.2 Å². The van der Waals surface area contributed by atoms with Crippen LogP contribution in [-0.2, 0) is 22.6 Å². The van der Waals surface area contributed by atoms with E-state index in [1.807, 2.05) is 31.2 Å². The van der Waals surface area contributed by atoms with Gasteiger partial charge in [0.1, 0.15) is 5.82 Å². The van der Waals surface area contributed by atoms with E-state index in [0.29, 0.717) is 33.9 Å². The third-order valence-electron chi connectivity index (χ3n) is 4.11. The van der Waals surface area contributed by atoms with Crippen molar-refractivity contribution in [2.24, 2.45) is 0 Å². The molecule has 0 spiro atoms. The zero-order chi connectivity index (χ0) is 22.4. The Balaban J connectivity index is 1.59. The molecule has 2 N–H and O–H groups in total. The number of carbonyl (C=O) groups is 2. The van der Waals surface area contributed by atoms with Crippen molar-refractivity contribution in [1.82, 2.24) is 14.8 Å².